The van der Waals surface area contributed by atoms with Gasteiger partial charge in [-0.2, -0.15) is 0 Å². The van der Waals surface area contributed by atoms with Crippen LogP contribution >= 0.6 is 27.7 Å². The zero-order chi connectivity index (χ0) is 13.8. The van der Waals surface area contributed by atoms with E-state index in [2.05, 4.69) is 54.0 Å². The molecule has 3 atom stereocenters. The largest absolute Gasteiger partial charge is 0.327 e. The summed E-state index contributed by atoms with van der Waals surface area (Å²) in [6.45, 7) is 4.74. The Morgan fingerprint density at radius 3 is 2.32 bits per heavy atom. The minimum Gasteiger partial charge on any atom is -0.327 e. The van der Waals surface area contributed by atoms with Crippen LogP contribution in [0, 0.1) is 17.8 Å². The highest BCUT2D eigenvalue weighted by molar-refractivity contribution is 9.10. The molecule has 2 rings (SSSR count). The molecule has 19 heavy (non-hydrogen) atoms. The number of hydrogen-bond donors (Lipinski definition) is 1. The molecule has 1 saturated carbocycles. The number of thioether (sulfide) groups is 1. The van der Waals surface area contributed by atoms with E-state index in [1.54, 1.807) is 0 Å². The second-order valence-electron chi connectivity index (χ2n) is 6.11. The van der Waals surface area contributed by atoms with E-state index in [0.29, 0.717) is 12.0 Å². The van der Waals surface area contributed by atoms with Gasteiger partial charge >= 0.3 is 0 Å². The van der Waals surface area contributed by atoms with Gasteiger partial charge in [0.25, 0.3) is 0 Å². The Kier molecular flexibility index (Phi) is 5.79. The smallest absolute Gasteiger partial charge is 0.0176 e. The zero-order valence-corrected chi connectivity index (χ0v) is 14.2. The number of halogens is 1. The molecular weight excluding hydrogens is 318 g/mol. The van der Waals surface area contributed by atoms with Crippen LogP contribution in [0.15, 0.2) is 33.6 Å². The lowest BCUT2D eigenvalue weighted by Gasteiger charge is -2.34. The summed E-state index contributed by atoms with van der Waals surface area (Å²) in [4.78, 5) is 1.32. The van der Waals surface area contributed by atoms with Gasteiger partial charge in [-0.1, -0.05) is 29.8 Å². The van der Waals surface area contributed by atoms with Crippen molar-refractivity contribution < 1.29 is 0 Å². The van der Waals surface area contributed by atoms with E-state index in [0.717, 1.165) is 22.1 Å². The molecule has 3 unspecified atom stereocenters. The first-order valence-electron chi connectivity index (χ1n) is 7.18. The first-order valence-corrected chi connectivity index (χ1v) is 8.96. The number of rotatable bonds is 4. The average molecular weight is 342 g/mol. The average Bonchev–Trinajstić information content (AvgIpc) is 2.36. The molecule has 1 aliphatic carbocycles. The lowest BCUT2D eigenvalue weighted by molar-refractivity contribution is 0.200. The van der Waals surface area contributed by atoms with Gasteiger partial charge in [-0.25, -0.2) is 0 Å². The number of nitrogens with two attached hydrogens (primary N) is 1. The van der Waals surface area contributed by atoms with Crippen molar-refractivity contribution in [2.24, 2.45) is 23.5 Å². The van der Waals surface area contributed by atoms with Crippen LogP contribution in [0.2, 0.25) is 0 Å². The molecule has 0 radical (unpaired) electrons. The first-order chi connectivity index (χ1) is 9.04. The fourth-order valence-electron chi connectivity index (χ4n) is 3.22. The van der Waals surface area contributed by atoms with Crippen LogP contribution in [0.1, 0.15) is 33.1 Å². The van der Waals surface area contributed by atoms with Crippen molar-refractivity contribution in [1.29, 1.82) is 0 Å². The Bertz CT molecular complexity index is 382. The first kappa shape index (κ1) is 15.4. The summed E-state index contributed by atoms with van der Waals surface area (Å²) in [5, 5.41) is 0. The lowest BCUT2D eigenvalue weighted by atomic mass is 9.74. The van der Waals surface area contributed by atoms with E-state index in [4.69, 9.17) is 5.73 Å². The van der Waals surface area contributed by atoms with E-state index < -0.39 is 0 Å². The summed E-state index contributed by atoms with van der Waals surface area (Å²) < 4.78 is 1.14. The molecule has 0 aliphatic heterocycles. The zero-order valence-electron chi connectivity index (χ0n) is 11.8. The summed E-state index contributed by atoms with van der Waals surface area (Å²) >= 11 is 5.35. The summed E-state index contributed by atoms with van der Waals surface area (Å²) in [6.07, 6.45) is 4.00. The standard InChI is InChI=1S/C16H24BrNS/c1-11-7-12(2)9-13(8-11)16(18)10-19-15-5-3-14(17)4-6-15/h3-6,11-13,16H,7-10,18H2,1-2H3. The minimum absolute atomic E-state index is 0.332. The van der Waals surface area contributed by atoms with Gasteiger partial charge in [0, 0.05) is 21.2 Å². The van der Waals surface area contributed by atoms with Gasteiger partial charge in [0.05, 0.1) is 0 Å². The Morgan fingerprint density at radius 2 is 1.74 bits per heavy atom. The van der Waals surface area contributed by atoms with Gasteiger partial charge in [-0.15, -0.1) is 11.8 Å². The monoisotopic (exact) mass is 341 g/mol. The predicted octanol–water partition coefficient (Wildman–Crippen LogP) is 4.94. The lowest BCUT2D eigenvalue weighted by Crippen LogP contribution is -2.37. The second-order valence-corrected chi connectivity index (χ2v) is 8.12. The highest BCUT2D eigenvalue weighted by Crippen LogP contribution is 2.35. The van der Waals surface area contributed by atoms with Crippen LogP contribution in [0.25, 0.3) is 0 Å². The van der Waals surface area contributed by atoms with Crippen LogP contribution in [-0.2, 0) is 0 Å². The maximum atomic E-state index is 6.42. The van der Waals surface area contributed by atoms with E-state index in [-0.39, 0.29) is 0 Å². The molecule has 2 N–H and O–H groups in total. The molecule has 0 aromatic heterocycles. The van der Waals surface area contributed by atoms with Crippen LogP contribution in [-0.4, -0.2) is 11.8 Å². The Hall–Kier alpha value is 0.01000. The van der Waals surface area contributed by atoms with Crippen molar-refractivity contribution in [2.75, 3.05) is 5.75 Å². The molecule has 0 saturated heterocycles. The van der Waals surface area contributed by atoms with E-state index in [1.165, 1.54) is 24.2 Å². The second kappa shape index (κ2) is 7.14. The molecule has 106 valence electrons. The highest BCUT2D eigenvalue weighted by atomic mass is 79.9. The van der Waals surface area contributed by atoms with Crippen molar-refractivity contribution in [3.05, 3.63) is 28.7 Å². The molecule has 0 amide bonds. The Morgan fingerprint density at radius 1 is 1.16 bits per heavy atom. The molecule has 1 aliphatic rings. The quantitative estimate of drug-likeness (QED) is 0.784. The third-order valence-corrected chi connectivity index (χ3v) is 5.76. The van der Waals surface area contributed by atoms with Crippen LogP contribution in [0.3, 0.4) is 0 Å². The summed E-state index contributed by atoms with van der Waals surface area (Å²) in [6, 6.07) is 8.84. The molecule has 1 aromatic carbocycles. The van der Waals surface area contributed by atoms with Gasteiger partial charge in [-0.3, -0.25) is 0 Å². The van der Waals surface area contributed by atoms with Crippen molar-refractivity contribution >= 4 is 27.7 Å². The van der Waals surface area contributed by atoms with Gasteiger partial charge < -0.3 is 5.73 Å². The molecule has 1 fully saturated rings. The molecule has 1 aromatic rings. The summed E-state index contributed by atoms with van der Waals surface area (Å²) in [5.74, 6) is 3.43. The highest BCUT2D eigenvalue weighted by Gasteiger charge is 2.28. The van der Waals surface area contributed by atoms with Crippen LogP contribution in [0.4, 0.5) is 0 Å². The Labute approximate surface area is 129 Å². The predicted molar refractivity (Wildman–Crippen MR) is 88.5 cm³/mol. The molecule has 3 heteroatoms. The number of hydrogen-bond acceptors (Lipinski definition) is 2. The van der Waals surface area contributed by atoms with Crippen molar-refractivity contribution in [3.63, 3.8) is 0 Å². The van der Waals surface area contributed by atoms with Crippen LogP contribution in [0.5, 0.6) is 0 Å². The molecule has 0 bridgehead atoms. The summed E-state index contributed by atoms with van der Waals surface area (Å²) in [5.41, 5.74) is 6.42. The van der Waals surface area contributed by atoms with Gasteiger partial charge in [0.2, 0.25) is 0 Å². The number of benzene rings is 1. The maximum absolute atomic E-state index is 6.42. The van der Waals surface area contributed by atoms with Gasteiger partial charge in [0.15, 0.2) is 0 Å². The van der Waals surface area contributed by atoms with E-state index >= 15 is 0 Å². The minimum atomic E-state index is 0.332. The molecule has 0 heterocycles. The van der Waals surface area contributed by atoms with E-state index in [1.807, 2.05) is 11.8 Å². The van der Waals surface area contributed by atoms with E-state index in [9.17, 15) is 0 Å². The normalized spacial score (nSPS) is 29.2. The van der Waals surface area contributed by atoms with Crippen LogP contribution < -0.4 is 5.73 Å². The summed E-state index contributed by atoms with van der Waals surface area (Å²) in [7, 11) is 0. The topological polar surface area (TPSA) is 26.0 Å². The molecule has 1 nitrogen and oxygen atoms in total. The molecule has 0 spiro atoms. The fraction of sp³-hybridized carbons (Fsp3) is 0.625. The van der Waals surface area contributed by atoms with Crippen molar-refractivity contribution in [1.82, 2.24) is 0 Å². The maximum Gasteiger partial charge on any atom is 0.0176 e. The SMILES string of the molecule is CC1CC(C)CC(C(N)CSc2ccc(Br)cc2)C1. The Balaban J connectivity index is 1.83. The van der Waals surface area contributed by atoms with Crippen molar-refractivity contribution in [3.8, 4) is 0 Å². The van der Waals surface area contributed by atoms with Gasteiger partial charge in [-0.05, 0) is 61.3 Å². The third kappa shape index (κ3) is 4.80. The van der Waals surface area contributed by atoms with Crippen molar-refractivity contribution in [2.45, 2.75) is 44.0 Å². The third-order valence-electron chi connectivity index (χ3n) is 4.08. The van der Waals surface area contributed by atoms with Gasteiger partial charge in [0.1, 0.15) is 0 Å². The molecular formula is C16H24BrNS. The fourth-order valence-corrected chi connectivity index (χ4v) is 4.47.